The number of thiophene rings is 1. The van der Waals surface area contributed by atoms with E-state index in [2.05, 4.69) is 4.72 Å². The monoisotopic (exact) mass is 275 g/mol. The van der Waals surface area contributed by atoms with Crippen molar-refractivity contribution in [1.29, 1.82) is 0 Å². The van der Waals surface area contributed by atoms with Crippen LogP contribution in [0.2, 0.25) is 0 Å². The Hall–Kier alpha value is -0.430. The van der Waals surface area contributed by atoms with Crippen molar-refractivity contribution < 1.29 is 13.3 Å². The second-order valence-electron chi connectivity index (χ2n) is 4.39. The summed E-state index contributed by atoms with van der Waals surface area (Å²) in [7, 11) is -3.25. The lowest BCUT2D eigenvalue weighted by Gasteiger charge is -2.11. The Morgan fingerprint density at radius 3 is 2.76 bits per heavy atom. The van der Waals surface area contributed by atoms with Gasteiger partial charge in [-0.2, -0.15) is 0 Å². The first-order valence-corrected chi connectivity index (χ1v) is 8.41. The summed E-state index contributed by atoms with van der Waals surface area (Å²) in [6.45, 7) is 4.12. The molecule has 0 aromatic carbocycles. The summed E-state index contributed by atoms with van der Waals surface area (Å²) in [4.78, 5) is 1.61. The van der Waals surface area contributed by atoms with Crippen LogP contribution in [-0.2, 0) is 10.0 Å². The average Bonchev–Trinajstić information content (AvgIpc) is 2.97. The van der Waals surface area contributed by atoms with Crippen LogP contribution in [0.1, 0.15) is 19.3 Å². The summed E-state index contributed by atoms with van der Waals surface area (Å²) in [6, 6.07) is 3.40. The molecule has 0 bridgehead atoms. The van der Waals surface area contributed by atoms with Gasteiger partial charge in [-0.3, -0.25) is 0 Å². The second kappa shape index (κ2) is 5.95. The van der Waals surface area contributed by atoms with Gasteiger partial charge in [0.05, 0.1) is 19.6 Å². The van der Waals surface area contributed by atoms with Crippen LogP contribution in [0, 0.1) is 0 Å². The van der Waals surface area contributed by atoms with Gasteiger partial charge >= 0.3 is 0 Å². The molecule has 0 atom stereocenters. The summed E-state index contributed by atoms with van der Waals surface area (Å²) in [5.41, 5.74) is 0. The third kappa shape index (κ3) is 3.77. The van der Waals surface area contributed by atoms with Gasteiger partial charge in [0.2, 0.25) is 10.0 Å². The smallest absolute Gasteiger partial charge is 0.250 e. The molecule has 0 radical (unpaired) electrons. The maximum atomic E-state index is 11.8. The van der Waals surface area contributed by atoms with E-state index < -0.39 is 10.0 Å². The summed E-state index contributed by atoms with van der Waals surface area (Å²) in [6.07, 6.45) is 3.55. The lowest BCUT2D eigenvalue weighted by Crippen LogP contribution is -3.10. The van der Waals surface area contributed by atoms with Crippen molar-refractivity contribution in [2.45, 2.75) is 23.5 Å². The Kier molecular flexibility index (Phi) is 4.55. The molecule has 1 aromatic rings. The summed E-state index contributed by atoms with van der Waals surface area (Å²) >= 11 is 1.26. The molecular formula is C11H19N2O2S2+. The highest BCUT2D eigenvalue weighted by Crippen LogP contribution is 2.14. The molecule has 2 rings (SSSR count). The van der Waals surface area contributed by atoms with Crippen molar-refractivity contribution in [1.82, 2.24) is 4.72 Å². The number of hydrogen-bond acceptors (Lipinski definition) is 3. The summed E-state index contributed by atoms with van der Waals surface area (Å²) < 4.78 is 26.6. The minimum Gasteiger partial charge on any atom is -0.335 e. The molecule has 1 fully saturated rings. The van der Waals surface area contributed by atoms with Crippen LogP contribution in [0.25, 0.3) is 0 Å². The fourth-order valence-electron chi connectivity index (χ4n) is 2.16. The van der Waals surface area contributed by atoms with Crippen LogP contribution in [0.5, 0.6) is 0 Å². The van der Waals surface area contributed by atoms with Gasteiger partial charge in [-0.05, 0) is 11.4 Å². The zero-order chi connectivity index (χ0) is 12.1. The van der Waals surface area contributed by atoms with Crippen LogP contribution >= 0.6 is 11.3 Å². The van der Waals surface area contributed by atoms with E-state index in [4.69, 9.17) is 0 Å². The third-order valence-electron chi connectivity index (χ3n) is 3.07. The molecule has 2 N–H and O–H groups in total. The number of sulfonamides is 1. The van der Waals surface area contributed by atoms with E-state index in [1.807, 2.05) is 0 Å². The molecule has 0 unspecified atom stereocenters. The fraction of sp³-hybridized carbons (Fsp3) is 0.636. The second-order valence-corrected chi connectivity index (χ2v) is 7.33. The first-order chi connectivity index (χ1) is 8.18. The summed E-state index contributed by atoms with van der Waals surface area (Å²) in [5, 5.41) is 1.78. The first kappa shape index (κ1) is 13.0. The maximum absolute atomic E-state index is 11.8. The molecule has 17 heavy (non-hydrogen) atoms. The first-order valence-electron chi connectivity index (χ1n) is 6.05. The van der Waals surface area contributed by atoms with E-state index in [1.54, 1.807) is 22.4 Å². The molecule has 1 aromatic heterocycles. The fourth-order valence-corrected chi connectivity index (χ4v) is 4.27. The number of likely N-dealkylation sites (tertiary alicyclic amines) is 1. The van der Waals surface area contributed by atoms with Crippen molar-refractivity contribution in [3.05, 3.63) is 17.5 Å². The van der Waals surface area contributed by atoms with Crippen molar-refractivity contribution in [2.24, 2.45) is 0 Å². The summed E-state index contributed by atoms with van der Waals surface area (Å²) in [5.74, 6) is 0. The number of rotatable bonds is 6. The molecule has 96 valence electrons. The van der Waals surface area contributed by atoms with Crippen molar-refractivity contribution >= 4 is 21.4 Å². The van der Waals surface area contributed by atoms with Crippen LogP contribution in [0.4, 0.5) is 0 Å². The Morgan fingerprint density at radius 2 is 2.12 bits per heavy atom. The van der Waals surface area contributed by atoms with E-state index in [9.17, 15) is 8.42 Å². The van der Waals surface area contributed by atoms with Crippen molar-refractivity contribution in [3.63, 3.8) is 0 Å². The van der Waals surface area contributed by atoms with Gasteiger partial charge in [-0.25, -0.2) is 13.1 Å². The van der Waals surface area contributed by atoms with Crippen molar-refractivity contribution in [2.75, 3.05) is 26.2 Å². The Labute approximate surface area is 107 Å². The Morgan fingerprint density at radius 1 is 1.35 bits per heavy atom. The number of nitrogens with one attached hydrogen (secondary N) is 2. The van der Waals surface area contributed by atoms with Gasteiger partial charge < -0.3 is 4.90 Å². The highest BCUT2D eigenvalue weighted by molar-refractivity contribution is 7.91. The largest absolute Gasteiger partial charge is 0.335 e. The highest BCUT2D eigenvalue weighted by Gasteiger charge is 2.16. The predicted molar refractivity (Wildman–Crippen MR) is 68.9 cm³/mol. The number of quaternary nitrogens is 1. The third-order valence-corrected chi connectivity index (χ3v) is 5.93. The van der Waals surface area contributed by atoms with E-state index >= 15 is 0 Å². The van der Waals surface area contributed by atoms with Gasteiger partial charge in [0.1, 0.15) is 4.21 Å². The van der Waals surface area contributed by atoms with Gasteiger partial charge in [0, 0.05) is 25.8 Å². The maximum Gasteiger partial charge on any atom is 0.250 e. The molecule has 0 amide bonds. The van der Waals surface area contributed by atoms with Gasteiger partial charge in [0.25, 0.3) is 0 Å². The lowest BCUT2D eigenvalue weighted by molar-refractivity contribution is -0.887. The number of hydrogen-bond donors (Lipinski definition) is 2. The van der Waals surface area contributed by atoms with E-state index in [0.717, 1.165) is 13.0 Å². The van der Waals surface area contributed by atoms with Crippen LogP contribution in [0.15, 0.2) is 21.7 Å². The lowest BCUT2D eigenvalue weighted by atomic mass is 10.4. The topological polar surface area (TPSA) is 50.6 Å². The minimum absolute atomic E-state index is 0.408. The predicted octanol–water partition coefficient (Wildman–Crippen LogP) is 0.0952. The Bertz CT molecular complexity index is 422. The zero-order valence-electron chi connectivity index (χ0n) is 9.81. The molecule has 0 aliphatic carbocycles. The minimum atomic E-state index is -3.25. The van der Waals surface area contributed by atoms with E-state index in [1.165, 1.54) is 37.3 Å². The van der Waals surface area contributed by atoms with E-state index in [-0.39, 0.29) is 0 Å². The van der Waals surface area contributed by atoms with Gasteiger partial charge in [-0.1, -0.05) is 6.07 Å². The van der Waals surface area contributed by atoms with Crippen LogP contribution in [-0.4, -0.2) is 34.6 Å². The van der Waals surface area contributed by atoms with Gasteiger partial charge in [0.15, 0.2) is 0 Å². The quantitative estimate of drug-likeness (QED) is 0.723. The van der Waals surface area contributed by atoms with Crippen molar-refractivity contribution in [3.8, 4) is 0 Å². The molecule has 2 heterocycles. The molecule has 0 saturated carbocycles. The zero-order valence-corrected chi connectivity index (χ0v) is 11.4. The molecular weight excluding hydrogens is 256 g/mol. The molecule has 1 saturated heterocycles. The van der Waals surface area contributed by atoms with E-state index in [0.29, 0.717) is 10.8 Å². The SMILES string of the molecule is O=S(=O)(NCCC[NH+]1CCCC1)c1cccs1. The Balaban J connectivity index is 1.71. The molecule has 6 heteroatoms. The normalized spacial score (nSPS) is 17.6. The highest BCUT2D eigenvalue weighted by atomic mass is 32.2. The average molecular weight is 275 g/mol. The molecule has 1 aliphatic heterocycles. The standard InChI is InChI=1S/C11H18N2O2S2/c14-17(15,11-5-3-10-16-11)12-6-4-9-13-7-1-2-8-13/h3,5,10,12H,1-2,4,6-9H2/p+1. The molecule has 1 aliphatic rings. The van der Waals surface area contributed by atoms with Crippen LogP contribution in [0.3, 0.4) is 0 Å². The van der Waals surface area contributed by atoms with Gasteiger partial charge in [-0.15, -0.1) is 11.3 Å². The van der Waals surface area contributed by atoms with Crippen LogP contribution < -0.4 is 9.62 Å². The molecule has 4 nitrogen and oxygen atoms in total. The molecule has 0 spiro atoms.